The molecule has 0 aromatic heterocycles. The molecule has 0 bridgehead atoms. The maximum Gasteiger partial charge on any atom is 0.116 e. The van der Waals surface area contributed by atoms with E-state index in [0.29, 0.717) is 11.8 Å². The highest BCUT2D eigenvalue weighted by Crippen LogP contribution is 2.22. The first-order valence-electron chi connectivity index (χ1n) is 6.09. The van der Waals surface area contributed by atoms with Gasteiger partial charge in [-0.3, -0.25) is 0 Å². The summed E-state index contributed by atoms with van der Waals surface area (Å²) in [6.45, 7) is 6.24. The molecular weight excluding hydrogens is 198 g/mol. The van der Waals surface area contributed by atoms with Crippen molar-refractivity contribution in [3.05, 3.63) is 28.8 Å². The van der Waals surface area contributed by atoms with Gasteiger partial charge in [-0.15, -0.1) is 0 Å². The molecule has 0 aliphatic rings. The number of benzene rings is 1. The number of hydrogen-bond donors (Lipinski definition) is 2. The number of phenolic OH excluding ortho intramolecular Hbond substituents is 1. The molecule has 0 fully saturated rings. The van der Waals surface area contributed by atoms with Crippen LogP contribution < -0.4 is 5.73 Å². The fourth-order valence-corrected chi connectivity index (χ4v) is 2.11. The summed E-state index contributed by atoms with van der Waals surface area (Å²) in [6, 6.07) is 4.00. The van der Waals surface area contributed by atoms with Crippen LogP contribution in [-0.4, -0.2) is 11.1 Å². The van der Waals surface area contributed by atoms with Crippen LogP contribution in [0.4, 0.5) is 0 Å². The minimum absolute atomic E-state index is 0.331. The summed E-state index contributed by atoms with van der Waals surface area (Å²) in [5.41, 5.74) is 9.63. The SMILES string of the molecule is CCC(N)CCCc1c(C)cc(O)cc1C. The summed E-state index contributed by atoms with van der Waals surface area (Å²) in [4.78, 5) is 0. The molecule has 0 saturated heterocycles. The van der Waals surface area contributed by atoms with Gasteiger partial charge in [0, 0.05) is 6.04 Å². The highest BCUT2D eigenvalue weighted by molar-refractivity contribution is 5.40. The van der Waals surface area contributed by atoms with E-state index in [4.69, 9.17) is 5.73 Å². The van der Waals surface area contributed by atoms with Gasteiger partial charge in [-0.05, 0) is 68.4 Å². The zero-order chi connectivity index (χ0) is 12.1. The molecule has 1 aromatic rings. The third-order valence-electron chi connectivity index (χ3n) is 3.21. The molecular formula is C14H23NO. The van der Waals surface area contributed by atoms with Crippen molar-refractivity contribution >= 4 is 0 Å². The van der Waals surface area contributed by atoms with Gasteiger partial charge in [0.15, 0.2) is 0 Å². The van der Waals surface area contributed by atoms with Gasteiger partial charge in [0.25, 0.3) is 0 Å². The largest absolute Gasteiger partial charge is 0.508 e. The predicted molar refractivity (Wildman–Crippen MR) is 68.8 cm³/mol. The molecule has 0 heterocycles. The minimum atomic E-state index is 0.331. The van der Waals surface area contributed by atoms with E-state index < -0.39 is 0 Å². The number of aromatic hydroxyl groups is 1. The first kappa shape index (κ1) is 13.0. The maximum atomic E-state index is 9.45. The number of rotatable bonds is 5. The zero-order valence-electron chi connectivity index (χ0n) is 10.6. The van der Waals surface area contributed by atoms with Gasteiger partial charge < -0.3 is 10.8 Å². The Morgan fingerprint density at radius 1 is 1.25 bits per heavy atom. The normalized spacial score (nSPS) is 12.8. The maximum absolute atomic E-state index is 9.45. The molecule has 0 aliphatic carbocycles. The van der Waals surface area contributed by atoms with E-state index in [9.17, 15) is 5.11 Å². The van der Waals surface area contributed by atoms with Crippen molar-refractivity contribution in [2.24, 2.45) is 5.73 Å². The average Bonchev–Trinajstić information content (AvgIpc) is 2.21. The minimum Gasteiger partial charge on any atom is -0.508 e. The van der Waals surface area contributed by atoms with Crippen LogP contribution >= 0.6 is 0 Å². The first-order chi connectivity index (χ1) is 7.54. The lowest BCUT2D eigenvalue weighted by Gasteiger charge is -2.12. The zero-order valence-corrected chi connectivity index (χ0v) is 10.6. The van der Waals surface area contributed by atoms with E-state index in [1.165, 1.54) is 16.7 Å². The second-order valence-corrected chi connectivity index (χ2v) is 4.62. The fraction of sp³-hybridized carbons (Fsp3) is 0.571. The molecule has 1 aromatic carbocycles. The lowest BCUT2D eigenvalue weighted by molar-refractivity contribution is 0.474. The molecule has 2 heteroatoms. The van der Waals surface area contributed by atoms with Crippen LogP contribution in [-0.2, 0) is 6.42 Å². The Bertz CT molecular complexity index is 324. The monoisotopic (exact) mass is 221 g/mol. The van der Waals surface area contributed by atoms with E-state index in [0.717, 1.165) is 25.7 Å². The van der Waals surface area contributed by atoms with Crippen LogP contribution in [0, 0.1) is 13.8 Å². The summed E-state index contributed by atoms with van der Waals surface area (Å²) in [6.07, 6.45) is 4.32. The third kappa shape index (κ3) is 3.53. The Balaban J connectivity index is 2.60. The number of hydrogen-bond acceptors (Lipinski definition) is 2. The van der Waals surface area contributed by atoms with Crippen LogP contribution in [0.15, 0.2) is 12.1 Å². The highest BCUT2D eigenvalue weighted by Gasteiger charge is 2.06. The van der Waals surface area contributed by atoms with E-state index >= 15 is 0 Å². The van der Waals surface area contributed by atoms with E-state index in [-0.39, 0.29) is 0 Å². The van der Waals surface area contributed by atoms with Crippen molar-refractivity contribution in [2.45, 2.75) is 52.5 Å². The molecule has 0 radical (unpaired) electrons. The Morgan fingerprint density at radius 3 is 2.31 bits per heavy atom. The summed E-state index contributed by atoms with van der Waals surface area (Å²) in [5, 5.41) is 9.45. The second-order valence-electron chi connectivity index (χ2n) is 4.62. The van der Waals surface area contributed by atoms with Crippen molar-refractivity contribution in [3.63, 3.8) is 0 Å². The Kier molecular flexibility index (Phi) is 4.81. The van der Waals surface area contributed by atoms with Crippen molar-refractivity contribution < 1.29 is 5.11 Å². The van der Waals surface area contributed by atoms with Gasteiger partial charge >= 0.3 is 0 Å². The molecule has 0 aliphatic heterocycles. The van der Waals surface area contributed by atoms with Crippen molar-refractivity contribution in [2.75, 3.05) is 0 Å². The molecule has 16 heavy (non-hydrogen) atoms. The van der Waals surface area contributed by atoms with Gasteiger partial charge in [-0.2, -0.15) is 0 Å². The van der Waals surface area contributed by atoms with E-state index in [1.807, 2.05) is 12.1 Å². The van der Waals surface area contributed by atoms with Gasteiger partial charge in [-0.25, -0.2) is 0 Å². The van der Waals surface area contributed by atoms with Crippen LogP contribution in [0.2, 0.25) is 0 Å². The second kappa shape index (κ2) is 5.90. The van der Waals surface area contributed by atoms with Crippen LogP contribution in [0.1, 0.15) is 42.9 Å². The predicted octanol–water partition coefficient (Wildman–Crippen LogP) is 3.07. The highest BCUT2D eigenvalue weighted by atomic mass is 16.3. The van der Waals surface area contributed by atoms with Crippen LogP contribution in [0.25, 0.3) is 0 Å². The molecule has 1 rings (SSSR count). The lowest BCUT2D eigenvalue weighted by Crippen LogP contribution is -2.18. The summed E-state index contributed by atoms with van der Waals surface area (Å²) in [7, 11) is 0. The Morgan fingerprint density at radius 2 is 1.81 bits per heavy atom. The molecule has 1 atom stereocenters. The van der Waals surface area contributed by atoms with Gasteiger partial charge in [0.05, 0.1) is 0 Å². The first-order valence-corrected chi connectivity index (χ1v) is 6.09. The van der Waals surface area contributed by atoms with Crippen LogP contribution in [0.3, 0.4) is 0 Å². The van der Waals surface area contributed by atoms with E-state index in [1.54, 1.807) is 0 Å². The van der Waals surface area contributed by atoms with Crippen molar-refractivity contribution in [1.82, 2.24) is 0 Å². The van der Waals surface area contributed by atoms with Crippen molar-refractivity contribution in [1.29, 1.82) is 0 Å². The van der Waals surface area contributed by atoms with Crippen LogP contribution in [0.5, 0.6) is 5.75 Å². The molecule has 90 valence electrons. The van der Waals surface area contributed by atoms with Gasteiger partial charge in [0.1, 0.15) is 5.75 Å². The Hall–Kier alpha value is -1.02. The molecule has 1 unspecified atom stereocenters. The summed E-state index contributed by atoms with van der Waals surface area (Å²) >= 11 is 0. The Labute approximate surface area is 98.5 Å². The van der Waals surface area contributed by atoms with Gasteiger partial charge in [0.2, 0.25) is 0 Å². The number of nitrogens with two attached hydrogens (primary N) is 1. The molecule has 2 nitrogen and oxygen atoms in total. The van der Waals surface area contributed by atoms with E-state index in [2.05, 4.69) is 20.8 Å². The number of aryl methyl sites for hydroxylation is 2. The smallest absolute Gasteiger partial charge is 0.116 e. The lowest BCUT2D eigenvalue weighted by atomic mass is 9.96. The fourth-order valence-electron chi connectivity index (χ4n) is 2.11. The third-order valence-corrected chi connectivity index (χ3v) is 3.21. The summed E-state index contributed by atoms with van der Waals surface area (Å²) in [5.74, 6) is 0.365. The average molecular weight is 221 g/mol. The number of phenols is 1. The molecule has 3 N–H and O–H groups in total. The quantitative estimate of drug-likeness (QED) is 0.802. The topological polar surface area (TPSA) is 46.2 Å². The summed E-state index contributed by atoms with van der Waals surface area (Å²) < 4.78 is 0. The van der Waals surface area contributed by atoms with Crippen molar-refractivity contribution in [3.8, 4) is 5.75 Å². The molecule has 0 amide bonds. The molecule has 0 spiro atoms. The van der Waals surface area contributed by atoms with Gasteiger partial charge in [-0.1, -0.05) is 6.92 Å². The molecule has 0 saturated carbocycles. The standard InChI is InChI=1S/C14H23NO/c1-4-12(15)6-5-7-14-10(2)8-13(16)9-11(14)3/h8-9,12,16H,4-7,15H2,1-3H3.